The fourth-order valence-corrected chi connectivity index (χ4v) is 4.92. The molecule has 0 aromatic heterocycles. The van der Waals surface area contributed by atoms with Crippen molar-refractivity contribution in [2.45, 2.75) is 55.2 Å². The molecule has 2 aliphatic heterocycles. The van der Waals surface area contributed by atoms with Gasteiger partial charge in [-0.15, -0.1) is 35.7 Å². The topological polar surface area (TPSA) is 45.7 Å². The fraction of sp³-hybridized carbons (Fsp3) is 0.611. The number of thioether (sulfide) groups is 1. The Kier molecular flexibility index (Phi) is 9.37. The van der Waals surface area contributed by atoms with Crippen LogP contribution in [0.15, 0.2) is 38.6 Å². The second-order valence-electron chi connectivity index (χ2n) is 6.35. The third-order valence-electron chi connectivity index (χ3n) is 4.61. The zero-order valence-corrected chi connectivity index (χ0v) is 19.3. The summed E-state index contributed by atoms with van der Waals surface area (Å²) in [5.41, 5.74) is 0. The van der Waals surface area contributed by atoms with Crippen molar-refractivity contribution < 1.29 is 4.74 Å². The second-order valence-corrected chi connectivity index (χ2v) is 8.34. The van der Waals surface area contributed by atoms with Crippen LogP contribution in [0.5, 0.6) is 0 Å². The lowest BCUT2D eigenvalue weighted by Crippen LogP contribution is -2.47. The number of halogens is 2. The molecule has 0 saturated carbocycles. The van der Waals surface area contributed by atoms with E-state index in [0.29, 0.717) is 18.2 Å². The molecule has 0 spiro atoms. The van der Waals surface area contributed by atoms with Crippen LogP contribution in [0.2, 0.25) is 0 Å². The van der Waals surface area contributed by atoms with E-state index in [1.54, 1.807) is 0 Å². The van der Waals surface area contributed by atoms with Crippen molar-refractivity contribution in [1.82, 2.24) is 10.6 Å². The first-order valence-electron chi connectivity index (χ1n) is 8.76. The molecule has 1 aromatic carbocycles. The van der Waals surface area contributed by atoms with Gasteiger partial charge in [-0.1, -0.05) is 12.1 Å². The number of rotatable bonds is 7. The normalized spacial score (nSPS) is 24.9. The van der Waals surface area contributed by atoms with Gasteiger partial charge in [0.25, 0.3) is 0 Å². The summed E-state index contributed by atoms with van der Waals surface area (Å²) in [6, 6.07) is 8.83. The molecule has 1 aromatic rings. The first kappa shape index (κ1) is 21.3. The first-order chi connectivity index (χ1) is 11.8. The SMILES string of the molecule is CN=C(NCCCCSc1ccccc1Br)NC1CC2CCC1O2.I. The van der Waals surface area contributed by atoms with E-state index in [0.717, 1.165) is 31.1 Å². The van der Waals surface area contributed by atoms with Crippen LogP contribution in [0.4, 0.5) is 0 Å². The number of ether oxygens (including phenoxy) is 1. The van der Waals surface area contributed by atoms with E-state index in [4.69, 9.17) is 4.74 Å². The lowest BCUT2D eigenvalue weighted by molar-refractivity contribution is 0.0992. The van der Waals surface area contributed by atoms with Gasteiger partial charge in [-0.05, 0) is 65.9 Å². The summed E-state index contributed by atoms with van der Waals surface area (Å²) in [7, 11) is 1.84. The number of nitrogens with zero attached hydrogens (tertiary/aromatic N) is 1. The summed E-state index contributed by atoms with van der Waals surface area (Å²) >= 11 is 5.50. The molecule has 3 unspecified atom stereocenters. The Balaban J connectivity index is 0.00000225. The van der Waals surface area contributed by atoms with Crippen molar-refractivity contribution in [3.8, 4) is 0 Å². The molecule has 0 radical (unpaired) electrons. The molecule has 140 valence electrons. The third-order valence-corrected chi connectivity index (χ3v) is 6.72. The number of unbranched alkanes of at least 4 members (excludes halogenated alkanes) is 1. The highest BCUT2D eigenvalue weighted by Gasteiger charge is 2.41. The van der Waals surface area contributed by atoms with Crippen LogP contribution in [0.3, 0.4) is 0 Å². The van der Waals surface area contributed by atoms with Crippen LogP contribution in [-0.4, -0.2) is 43.6 Å². The van der Waals surface area contributed by atoms with Gasteiger partial charge >= 0.3 is 0 Å². The van der Waals surface area contributed by atoms with Crippen LogP contribution in [0, 0.1) is 0 Å². The molecule has 4 nitrogen and oxygen atoms in total. The van der Waals surface area contributed by atoms with Gasteiger partial charge in [0.15, 0.2) is 5.96 Å². The predicted octanol–water partition coefficient (Wildman–Crippen LogP) is 4.42. The number of aliphatic imine (C=N–C) groups is 1. The number of nitrogens with one attached hydrogen (secondary N) is 2. The molecule has 7 heteroatoms. The molecule has 3 atom stereocenters. The molecular formula is C18H27BrIN3OS. The minimum absolute atomic E-state index is 0. The second kappa shape index (κ2) is 11.0. The lowest BCUT2D eigenvalue weighted by Gasteiger charge is -2.22. The molecule has 2 fully saturated rings. The Hall–Kier alpha value is 0.01000. The summed E-state index contributed by atoms with van der Waals surface area (Å²) in [5, 5.41) is 6.95. The van der Waals surface area contributed by atoms with Gasteiger partial charge in [0.2, 0.25) is 0 Å². The van der Waals surface area contributed by atoms with E-state index in [-0.39, 0.29) is 24.0 Å². The van der Waals surface area contributed by atoms with Crippen LogP contribution in [0.1, 0.15) is 32.1 Å². The van der Waals surface area contributed by atoms with E-state index < -0.39 is 0 Å². The lowest BCUT2D eigenvalue weighted by atomic mass is 9.96. The van der Waals surface area contributed by atoms with E-state index in [9.17, 15) is 0 Å². The van der Waals surface area contributed by atoms with Crippen LogP contribution in [0.25, 0.3) is 0 Å². The molecule has 2 saturated heterocycles. The van der Waals surface area contributed by atoms with Gasteiger partial charge in [-0.2, -0.15) is 0 Å². The minimum Gasteiger partial charge on any atom is -0.373 e. The summed E-state index contributed by atoms with van der Waals surface area (Å²) in [4.78, 5) is 5.66. The van der Waals surface area contributed by atoms with Gasteiger partial charge < -0.3 is 15.4 Å². The quantitative estimate of drug-likeness (QED) is 0.177. The maximum atomic E-state index is 5.89. The van der Waals surface area contributed by atoms with Gasteiger partial charge in [0, 0.05) is 23.0 Å². The van der Waals surface area contributed by atoms with Crippen molar-refractivity contribution in [2.24, 2.45) is 4.99 Å². The highest BCUT2D eigenvalue weighted by molar-refractivity contribution is 14.0. The fourth-order valence-electron chi connectivity index (χ4n) is 3.34. The summed E-state index contributed by atoms with van der Waals surface area (Å²) < 4.78 is 7.07. The van der Waals surface area contributed by atoms with Crippen LogP contribution in [-0.2, 0) is 4.74 Å². The van der Waals surface area contributed by atoms with E-state index >= 15 is 0 Å². The molecule has 2 N–H and O–H groups in total. The Bertz CT molecular complexity index is 575. The highest BCUT2D eigenvalue weighted by Crippen LogP contribution is 2.34. The third kappa shape index (κ3) is 6.29. The highest BCUT2D eigenvalue weighted by atomic mass is 127. The summed E-state index contributed by atoms with van der Waals surface area (Å²) in [5.74, 6) is 2.05. The van der Waals surface area contributed by atoms with Crippen molar-refractivity contribution in [3.63, 3.8) is 0 Å². The largest absolute Gasteiger partial charge is 0.373 e. The minimum atomic E-state index is 0. The maximum Gasteiger partial charge on any atom is 0.191 e. The van der Waals surface area contributed by atoms with E-state index in [1.807, 2.05) is 18.8 Å². The van der Waals surface area contributed by atoms with Gasteiger partial charge in [-0.3, -0.25) is 4.99 Å². The smallest absolute Gasteiger partial charge is 0.191 e. The van der Waals surface area contributed by atoms with Gasteiger partial charge in [0.1, 0.15) is 0 Å². The molecule has 0 amide bonds. The Morgan fingerprint density at radius 3 is 2.84 bits per heavy atom. The van der Waals surface area contributed by atoms with Crippen molar-refractivity contribution in [3.05, 3.63) is 28.7 Å². The van der Waals surface area contributed by atoms with Gasteiger partial charge in [-0.25, -0.2) is 0 Å². The zero-order chi connectivity index (χ0) is 16.8. The number of hydrogen-bond acceptors (Lipinski definition) is 3. The standard InChI is InChI=1S/C18H26BrN3OS.HI/c1-20-18(22-15-12-13-8-9-16(15)23-13)21-10-4-5-11-24-17-7-3-2-6-14(17)19;/h2-3,6-7,13,15-16H,4-5,8-12H2,1H3,(H2,20,21,22);1H. The average molecular weight is 540 g/mol. The molecular weight excluding hydrogens is 513 g/mol. The van der Waals surface area contributed by atoms with Crippen molar-refractivity contribution in [2.75, 3.05) is 19.3 Å². The zero-order valence-electron chi connectivity index (χ0n) is 14.5. The molecule has 3 rings (SSSR count). The van der Waals surface area contributed by atoms with Crippen molar-refractivity contribution in [1.29, 1.82) is 0 Å². The molecule has 2 bridgehead atoms. The molecule has 0 aliphatic carbocycles. The molecule has 25 heavy (non-hydrogen) atoms. The Morgan fingerprint density at radius 1 is 1.32 bits per heavy atom. The number of hydrogen-bond donors (Lipinski definition) is 2. The van der Waals surface area contributed by atoms with E-state index in [2.05, 4.69) is 55.8 Å². The summed E-state index contributed by atoms with van der Waals surface area (Å²) in [6.45, 7) is 0.956. The Labute approximate surface area is 180 Å². The first-order valence-corrected chi connectivity index (χ1v) is 10.5. The monoisotopic (exact) mass is 539 g/mol. The Morgan fingerprint density at radius 2 is 2.16 bits per heavy atom. The molecule has 2 aliphatic rings. The molecule has 2 heterocycles. The average Bonchev–Trinajstić information content (AvgIpc) is 3.21. The predicted molar refractivity (Wildman–Crippen MR) is 120 cm³/mol. The maximum absolute atomic E-state index is 5.89. The van der Waals surface area contributed by atoms with Crippen LogP contribution < -0.4 is 10.6 Å². The number of benzene rings is 1. The van der Waals surface area contributed by atoms with Crippen molar-refractivity contribution >= 4 is 57.6 Å². The summed E-state index contributed by atoms with van der Waals surface area (Å²) in [6.07, 6.45) is 6.72. The van der Waals surface area contributed by atoms with Crippen LogP contribution >= 0.6 is 51.7 Å². The van der Waals surface area contributed by atoms with E-state index in [1.165, 1.54) is 28.6 Å². The number of guanidine groups is 1. The number of fused-ring (bicyclic) bond motifs is 2. The van der Waals surface area contributed by atoms with Gasteiger partial charge in [0.05, 0.1) is 18.2 Å².